The minimum Gasteiger partial charge on any atom is -0.478 e. The van der Waals surface area contributed by atoms with Crippen molar-refractivity contribution in [2.45, 2.75) is 12.8 Å². The predicted molar refractivity (Wildman–Crippen MR) is 103 cm³/mol. The maximum Gasteiger partial charge on any atom is 0.336 e. The Labute approximate surface area is 160 Å². The largest absolute Gasteiger partial charge is 0.478 e. The zero-order chi connectivity index (χ0) is 19.1. The molecule has 1 aliphatic heterocycles. The van der Waals surface area contributed by atoms with Crippen LogP contribution in [0.4, 0.5) is 0 Å². The van der Waals surface area contributed by atoms with Gasteiger partial charge in [-0.25, -0.2) is 4.79 Å². The fourth-order valence-corrected chi connectivity index (χ4v) is 3.41. The topological polar surface area (TPSA) is 90.8 Å². The summed E-state index contributed by atoms with van der Waals surface area (Å²) in [5, 5.41) is 16.0. The van der Waals surface area contributed by atoms with E-state index in [-0.39, 0.29) is 17.5 Å². The van der Waals surface area contributed by atoms with Crippen LogP contribution in [0.2, 0.25) is 5.02 Å². The van der Waals surface area contributed by atoms with Gasteiger partial charge in [0.1, 0.15) is 5.75 Å². The smallest absolute Gasteiger partial charge is 0.336 e. The maximum atomic E-state index is 11.3. The highest BCUT2D eigenvalue weighted by atomic mass is 35.5. The molecule has 7 nitrogen and oxygen atoms in total. The molecule has 1 unspecified atom stereocenters. The van der Waals surface area contributed by atoms with E-state index < -0.39 is 5.97 Å². The van der Waals surface area contributed by atoms with Gasteiger partial charge < -0.3 is 14.8 Å². The molecule has 27 heavy (non-hydrogen) atoms. The number of aromatic amines is 1. The highest BCUT2D eigenvalue weighted by Crippen LogP contribution is 2.32. The Morgan fingerprint density at radius 2 is 2.19 bits per heavy atom. The zero-order valence-corrected chi connectivity index (χ0v) is 15.5. The van der Waals surface area contributed by atoms with Crippen molar-refractivity contribution < 1.29 is 14.6 Å². The number of likely N-dealkylation sites (N-methyl/N-ethyl adjacent to an activating group) is 1. The number of H-pyrrole nitrogens is 1. The summed E-state index contributed by atoms with van der Waals surface area (Å²) in [5.74, 6) is -0.482. The van der Waals surface area contributed by atoms with Crippen molar-refractivity contribution >= 4 is 34.8 Å². The lowest BCUT2D eigenvalue weighted by Gasteiger charge is -2.11. The number of hydrogen-bond acceptors (Lipinski definition) is 5. The number of halogens is 1. The van der Waals surface area contributed by atoms with Gasteiger partial charge in [0.25, 0.3) is 6.01 Å². The summed E-state index contributed by atoms with van der Waals surface area (Å²) >= 11 is 6.43. The molecule has 0 bridgehead atoms. The van der Waals surface area contributed by atoms with E-state index in [1.165, 1.54) is 6.07 Å². The van der Waals surface area contributed by atoms with Crippen molar-refractivity contribution in [3.8, 4) is 11.8 Å². The molecule has 4 rings (SSSR count). The standard InChI is InChI=1S/C19H17ClN4O3/c1-10-3-4-12(5-13(10)18(25)26)27-19-22-16-6-14(11-8-21-24(2)9-11)15(20)7-17(16)23-19/h3-8,11H,9H2,1-2H3,(H,22,23)(H,25,26). The van der Waals surface area contributed by atoms with Crippen molar-refractivity contribution in [2.75, 3.05) is 13.6 Å². The molecule has 2 aromatic carbocycles. The van der Waals surface area contributed by atoms with Crippen LogP contribution in [-0.2, 0) is 0 Å². The third-order valence-electron chi connectivity index (χ3n) is 4.54. The number of aryl methyl sites for hydroxylation is 1. The van der Waals surface area contributed by atoms with E-state index in [0.29, 0.717) is 21.9 Å². The highest BCUT2D eigenvalue weighted by Gasteiger charge is 2.21. The number of ether oxygens (including phenoxy) is 1. The van der Waals surface area contributed by atoms with E-state index in [1.54, 1.807) is 25.1 Å². The fraction of sp³-hybridized carbons (Fsp3) is 0.211. The third kappa shape index (κ3) is 3.33. The number of imidazole rings is 1. The number of nitrogens with one attached hydrogen (secondary N) is 1. The van der Waals surface area contributed by atoms with Crippen molar-refractivity contribution in [3.05, 3.63) is 52.0 Å². The molecule has 8 heteroatoms. The van der Waals surface area contributed by atoms with Crippen molar-refractivity contribution in [3.63, 3.8) is 0 Å². The van der Waals surface area contributed by atoms with Crippen molar-refractivity contribution in [2.24, 2.45) is 5.10 Å². The minimum atomic E-state index is -0.998. The molecule has 3 aromatic rings. The molecule has 2 heterocycles. The van der Waals surface area contributed by atoms with Gasteiger partial charge in [0, 0.05) is 30.7 Å². The Morgan fingerprint density at radius 3 is 2.89 bits per heavy atom. The van der Waals surface area contributed by atoms with Crippen LogP contribution >= 0.6 is 11.6 Å². The van der Waals surface area contributed by atoms with E-state index in [4.69, 9.17) is 16.3 Å². The summed E-state index contributed by atoms with van der Waals surface area (Å²) in [5.41, 5.74) is 3.29. The van der Waals surface area contributed by atoms with Crippen LogP contribution in [0.15, 0.2) is 35.4 Å². The van der Waals surface area contributed by atoms with Crippen LogP contribution in [0.25, 0.3) is 11.0 Å². The maximum absolute atomic E-state index is 11.3. The second kappa shape index (κ2) is 6.59. The van der Waals surface area contributed by atoms with E-state index in [0.717, 1.165) is 17.6 Å². The van der Waals surface area contributed by atoms with E-state index in [9.17, 15) is 9.90 Å². The first-order chi connectivity index (χ1) is 12.9. The summed E-state index contributed by atoms with van der Waals surface area (Å²) in [6.45, 7) is 2.51. The molecule has 2 N–H and O–H groups in total. The van der Waals surface area contributed by atoms with Crippen LogP contribution in [0.1, 0.15) is 27.4 Å². The first kappa shape index (κ1) is 17.4. The Morgan fingerprint density at radius 1 is 1.37 bits per heavy atom. The van der Waals surface area contributed by atoms with Crippen LogP contribution in [0.5, 0.6) is 11.8 Å². The third-order valence-corrected chi connectivity index (χ3v) is 4.86. The number of nitrogens with zero attached hydrogens (tertiary/aromatic N) is 3. The molecule has 1 aliphatic rings. The molecule has 0 saturated heterocycles. The molecule has 1 atom stereocenters. The Bertz CT molecular complexity index is 1080. The SMILES string of the molecule is Cc1ccc(Oc2nc3cc(Cl)c(C4C=NN(C)C4)cc3[nH]2)cc1C(=O)O. The summed E-state index contributed by atoms with van der Waals surface area (Å²) in [6, 6.07) is 8.90. The number of carboxylic acid groups (broad SMARTS) is 1. The number of carboxylic acids is 1. The number of hydrazone groups is 1. The molecule has 0 radical (unpaired) electrons. The number of fused-ring (bicyclic) bond motifs is 1. The van der Waals surface area contributed by atoms with Gasteiger partial charge in [0.2, 0.25) is 0 Å². The number of rotatable bonds is 4. The van der Waals surface area contributed by atoms with Gasteiger partial charge in [0.15, 0.2) is 0 Å². The van der Waals surface area contributed by atoms with Gasteiger partial charge in [-0.3, -0.25) is 5.01 Å². The molecule has 0 spiro atoms. The van der Waals surface area contributed by atoms with Crippen LogP contribution in [-0.4, -0.2) is 45.9 Å². The first-order valence-electron chi connectivity index (χ1n) is 8.37. The van der Waals surface area contributed by atoms with Gasteiger partial charge in [-0.15, -0.1) is 0 Å². The Hall–Kier alpha value is -3.06. The highest BCUT2D eigenvalue weighted by molar-refractivity contribution is 6.32. The quantitative estimate of drug-likeness (QED) is 0.708. The van der Waals surface area contributed by atoms with Crippen molar-refractivity contribution in [1.82, 2.24) is 15.0 Å². The monoisotopic (exact) mass is 384 g/mol. The summed E-state index contributed by atoms with van der Waals surface area (Å²) in [7, 11) is 1.91. The summed E-state index contributed by atoms with van der Waals surface area (Å²) in [4.78, 5) is 18.8. The fourth-order valence-electron chi connectivity index (χ4n) is 3.12. The second-order valence-electron chi connectivity index (χ2n) is 6.53. The number of carbonyl (C=O) groups is 1. The molecular formula is C19H17ClN4O3. The van der Waals surface area contributed by atoms with Crippen molar-refractivity contribution in [1.29, 1.82) is 0 Å². The molecule has 0 amide bonds. The number of benzene rings is 2. The summed E-state index contributed by atoms with van der Waals surface area (Å²) < 4.78 is 5.72. The minimum absolute atomic E-state index is 0.120. The average Bonchev–Trinajstić information content (AvgIpc) is 3.20. The van der Waals surface area contributed by atoms with Gasteiger partial charge in [-0.05, 0) is 42.3 Å². The van der Waals surface area contributed by atoms with Gasteiger partial charge >= 0.3 is 5.97 Å². The lowest BCUT2D eigenvalue weighted by atomic mass is 10.0. The summed E-state index contributed by atoms with van der Waals surface area (Å²) in [6.07, 6.45) is 1.88. The van der Waals surface area contributed by atoms with E-state index in [1.807, 2.05) is 24.3 Å². The number of aromatic carboxylic acids is 1. The number of hydrogen-bond donors (Lipinski definition) is 2. The molecule has 138 valence electrons. The average molecular weight is 385 g/mol. The molecule has 0 fully saturated rings. The first-order valence-corrected chi connectivity index (χ1v) is 8.74. The molecule has 1 aromatic heterocycles. The predicted octanol–water partition coefficient (Wildman–Crippen LogP) is 4.03. The van der Waals surface area contributed by atoms with Gasteiger partial charge in [0.05, 0.1) is 16.6 Å². The second-order valence-corrected chi connectivity index (χ2v) is 6.94. The zero-order valence-electron chi connectivity index (χ0n) is 14.7. The van der Waals surface area contributed by atoms with E-state index in [2.05, 4.69) is 15.1 Å². The number of aromatic nitrogens is 2. The van der Waals surface area contributed by atoms with Gasteiger partial charge in [-0.2, -0.15) is 10.1 Å². The van der Waals surface area contributed by atoms with E-state index >= 15 is 0 Å². The van der Waals surface area contributed by atoms with Crippen LogP contribution in [0, 0.1) is 6.92 Å². The van der Waals surface area contributed by atoms with Gasteiger partial charge in [-0.1, -0.05) is 17.7 Å². The lowest BCUT2D eigenvalue weighted by molar-refractivity contribution is 0.0695. The normalized spacial score (nSPS) is 16.3. The van der Waals surface area contributed by atoms with Crippen LogP contribution in [0.3, 0.4) is 0 Å². The molecular weight excluding hydrogens is 368 g/mol. The Kier molecular flexibility index (Phi) is 4.24. The molecule has 0 saturated carbocycles. The Balaban J connectivity index is 1.65. The molecule has 0 aliphatic carbocycles. The van der Waals surface area contributed by atoms with Crippen LogP contribution < -0.4 is 4.74 Å². The lowest BCUT2D eigenvalue weighted by Crippen LogP contribution is -2.12.